The highest BCUT2D eigenvalue weighted by Gasteiger charge is 2.48. The first-order chi connectivity index (χ1) is 11.1. The SMILES string of the molecule is CSc1ccc(NC(=O)CN2C(=O)C3CCCCC3C2=O)cc1. The van der Waals surface area contributed by atoms with E-state index in [4.69, 9.17) is 0 Å². The maximum Gasteiger partial charge on any atom is 0.244 e. The third-order valence-corrected chi connectivity index (χ3v) is 5.35. The van der Waals surface area contributed by atoms with Gasteiger partial charge in [-0.2, -0.15) is 0 Å². The van der Waals surface area contributed by atoms with E-state index in [9.17, 15) is 14.4 Å². The summed E-state index contributed by atoms with van der Waals surface area (Å²) in [6, 6.07) is 7.47. The van der Waals surface area contributed by atoms with Crippen molar-refractivity contribution in [3.63, 3.8) is 0 Å². The lowest BCUT2D eigenvalue weighted by Crippen LogP contribution is -2.38. The quantitative estimate of drug-likeness (QED) is 0.680. The van der Waals surface area contributed by atoms with Crippen LogP contribution in [0.1, 0.15) is 25.7 Å². The first kappa shape index (κ1) is 16.1. The van der Waals surface area contributed by atoms with E-state index in [1.165, 1.54) is 0 Å². The molecule has 1 saturated heterocycles. The number of thioether (sulfide) groups is 1. The van der Waals surface area contributed by atoms with Gasteiger partial charge in [0.15, 0.2) is 0 Å². The normalized spacial score (nSPS) is 23.8. The highest BCUT2D eigenvalue weighted by molar-refractivity contribution is 7.98. The Morgan fingerprint density at radius 3 is 2.22 bits per heavy atom. The van der Waals surface area contributed by atoms with Crippen molar-refractivity contribution < 1.29 is 14.4 Å². The zero-order valence-corrected chi connectivity index (χ0v) is 13.9. The Morgan fingerprint density at radius 1 is 1.13 bits per heavy atom. The topological polar surface area (TPSA) is 66.5 Å². The summed E-state index contributed by atoms with van der Waals surface area (Å²) in [5.41, 5.74) is 0.671. The zero-order valence-electron chi connectivity index (χ0n) is 13.1. The van der Waals surface area contributed by atoms with Crippen molar-refractivity contribution in [3.05, 3.63) is 24.3 Å². The number of carbonyl (C=O) groups excluding carboxylic acids is 3. The molecule has 1 heterocycles. The Balaban J connectivity index is 1.63. The molecule has 0 bridgehead atoms. The maximum absolute atomic E-state index is 12.3. The predicted molar refractivity (Wildman–Crippen MR) is 89.0 cm³/mol. The van der Waals surface area contributed by atoms with Crippen LogP contribution in [-0.4, -0.2) is 35.4 Å². The van der Waals surface area contributed by atoms with Crippen LogP contribution >= 0.6 is 11.8 Å². The Bertz CT molecular complexity index is 605. The summed E-state index contributed by atoms with van der Waals surface area (Å²) in [6.07, 6.45) is 5.49. The highest BCUT2D eigenvalue weighted by Crippen LogP contribution is 2.37. The minimum atomic E-state index is -0.331. The monoisotopic (exact) mass is 332 g/mol. The van der Waals surface area contributed by atoms with Gasteiger partial charge in [0.25, 0.3) is 0 Å². The molecule has 0 aromatic heterocycles. The van der Waals surface area contributed by atoms with Gasteiger partial charge < -0.3 is 5.32 Å². The molecule has 0 spiro atoms. The molecule has 23 heavy (non-hydrogen) atoms. The first-order valence-electron chi connectivity index (χ1n) is 7.89. The molecule has 3 rings (SSSR count). The van der Waals surface area contributed by atoms with Crippen LogP contribution in [0.15, 0.2) is 29.2 Å². The lowest BCUT2D eigenvalue weighted by Gasteiger charge is -2.19. The Kier molecular flexibility index (Phi) is 4.71. The number of likely N-dealkylation sites (tertiary alicyclic amines) is 1. The summed E-state index contributed by atoms with van der Waals surface area (Å²) < 4.78 is 0. The van der Waals surface area contributed by atoms with E-state index < -0.39 is 0 Å². The molecule has 2 aliphatic rings. The molecule has 1 aromatic rings. The third kappa shape index (κ3) is 3.27. The molecule has 1 aliphatic carbocycles. The van der Waals surface area contributed by atoms with E-state index in [0.29, 0.717) is 5.69 Å². The fraction of sp³-hybridized carbons (Fsp3) is 0.471. The van der Waals surface area contributed by atoms with Crippen LogP contribution < -0.4 is 5.32 Å². The highest BCUT2D eigenvalue weighted by atomic mass is 32.2. The Morgan fingerprint density at radius 2 is 1.70 bits per heavy atom. The lowest BCUT2D eigenvalue weighted by atomic mass is 9.81. The number of carbonyl (C=O) groups is 3. The minimum absolute atomic E-state index is 0.174. The molecule has 1 aromatic carbocycles. The summed E-state index contributed by atoms with van der Waals surface area (Å²) >= 11 is 1.62. The van der Waals surface area contributed by atoms with Gasteiger partial charge in [-0.3, -0.25) is 19.3 Å². The van der Waals surface area contributed by atoms with E-state index in [1.807, 2.05) is 30.5 Å². The first-order valence-corrected chi connectivity index (χ1v) is 9.12. The number of hydrogen-bond donors (Lipinski definition) is 1. The van der Waals surface area contributed by atoms with Crippen molar-refractivity contribution in [1.29, 1.82) is 0 Å². The summed E-state index contributed by atoms with van der Waals surface area (Å²) in [6.45, 7) is -0.186. The van der Waals surface area contributed by atoms with E-state index in [0.717, 1.165) is 35.5 Å². The van der Waals surface area contributed by atoms with Crippen LogP contribution in [0, 0.1) is 11.8 Å². The standard InChI is InChI=1S/C17H20N2O3S/c1-23-12-8-6-11(7-9-12)18-15(20)10-19-16(21)13-4-2-3-5-14(13)17(19)22/h6-9,13-14H,2-5,10H2,1H3,(H,18,20). The molecule has 2 fully saturated rings. The van der Waals surface area contributed by atoms with Crippen molar-refractivity contribution in [1.82, 2.24) is 4.90 Å². The van der Waals surface area contributed by atoms with Crippen molar-refractivity contribution in [2.75, 3.05) is 18.1 Å². The number of hydrogen-bond acceptors (Lipinski definition) is 4. The summed E-state index contributed by atoms with van der Waals surface area (Å²) in [7, 11) is 0. The average molecular weight is 332 g/mol. The minimum Gasteiger partial charge on any atom is -0.325 e. The van der Waals surface area contributed by atoms with Gasteiger partial charge in [-0.05, 0) is 43.4 Å². The number of benzene rings is 1. The molecule has 2 atom stereocenters. The van der Waals surface area contributed by atoms with Crippen LogP contribution in [0.25, 0.3) is 0 Å². The number of nitrogens with one attached hydrogen (secondary N) is 1. The van der Waals surface area contributed by atoms with Crippen molar-refractivity contribution in [2.45, 2.75) is 30.6 Å². The molecule has 3 amide bonds. The summed E-state index contributed by atoms with van der Waals surface area (Å²) in [4.78, 5) is 39.1. The number of amides is 3. The van der Waals surface area contributed by atoms with Crippen molar-refractivity contribution in [2.24, 2.45) is 11.8 Å². The smallest absolute Gasteiger partial charge is 0.244 e. The molecule has 5 nitrogen and oxygen atoms in total. The van der Waals surface area contributed by atoms with Crippen LogP contribution in [0.5, 0.6) is 0 Å². The predicted octanol–water partition coefficient (Wildman–Crippen LogP) is 2.52. The van der Waals surface area contributed by atoms with Crippen LogP contribution in [0.2, 0.25) is 0 Å². The van der Waals surface area contributed by atoms with Crippen LogP contribution in [0.3, 0.4) is 0 Å². The second-order valence-electron chi connectivity index (χ2n) is 6.04. The van der Waals surface area contributed by atoms with E-state index in [-0.39, 0.29) is 36.1 Å². The summed E-state index contributed by atoms with van der Waals surface area (Å²) in [5.74, 6) is -1.09. The van der Waals surface area contributed by atoms with Gasteiger partial charge >= 0.3 is 0 Å². The van der Waals surface area contributed by atoms with E-state index in [1.54, 1.807) is 11.8 Å². The van der Waals surface area contributed by atoms with E-state index >= 15 is 0 Å². The Hall–Kier alpha value is -1.82. The second-order valence-corrected chi connectivity index (χ2v) is 6.92. The van der Waals surface area contributed by atoms with Crippen molar-refractivity contribution >= 4 is 35.2 Å². The molecule has 0 radical (unpaired) electrons. The van der Waals surface area contributed by atoms with Crippen LogP contribution in [-0.2, 0) is 14.4 Å². The fourth-order valence-electron chi connectivity index (χ4n) is 3.41. The second kappa shape index (κ2) is 6.74. The molecule has 122 valence electrons. The number of fused-ring (bicyclic) bond motifs is 1. The molecule has 1 N–H and O–H groups in total. The van der Waals surface area contributed by atoms with Gasteiger partial charge in [0.1, 0.15) is 6.54 Å². The molecule has 1 saturated carbocycles. The maximum atomic E-state index is 12.3. The van der Waals surface area contributed by atoms with Crippen molar-refractivity contribution in [3.8, 4) is 0 Å². The van der Waals surface area contributed by atoms with Gasteiger partial charge in [-0.25, -0.2) is 0 Å². The van der Waals surface area contributed by atoms with Gasteiger partial charge in [0, 0.05) is 10.6 Å². The lowest BCUT2D eigenvalue weighted by molar-refractivity contribution is -0.142. The van der Waals surface area contributed by atoms with Gasteiger partial charge in [0.05, 0.1) is 11.8 Å². The average Bonchev–Trinajstić information content (AvgIpc) is 2.81. The largest absolute Gasteiger partial charge is 0.325 e. The van der Waals surface area contributed by atoms with Gasteiger partial charge in [-0.15, -0.1) is 11.8 Å². The van der Waals surface area contributed by atoms with Gasteiger partial charge in [0.2, 0.25) is 17.7 Å². The molecule has 1 aliphatic heterocycles. The molecular formula is C17H20N2O3S. The van der Waals surface area contributed by atoms with Gasteiger partial charge in [-0.1, -0.05) is 12.8 Å². The number of anilines is 1. The van der Waals surface area contributed by atoms with Crippen LogP contribution in [0.4, 0.5) is 5.69 Å². The molecule has 6 heteroatoms. The number of imide groups is 1. The third-order valence-electron chi connectivity index (χ3n) is 4.61. The molecular weight excluding hydrogens is 312 g/mol. The zero-order chi connectivity index (χ0) is 16.4. The molecule has 2 unspecified atom stereocenters. The van der Waals surface area contributed by atoms with E-state index in [2.05, 4.69) is 5.32 Å². The number of nitrogens with zero attached hydrogens (tertiary/aromatic N) is 1. The Labute approximate surface area is 139 Å². The fourth-order valence-corrected chi connectivity index (χ4v) is 3.81. The number of rotatable bonds is 4. The summed E-state index contributed by atoms with van der Waals surface area (Å²) in [5, 5.41) is 2.75.